The maximum Gasteiger partial charge on any atom is 0.249 e. The molecule has 0 saturated carbocycles. The first-order valence-electron chi connectivity index (χ1n) is 21.1. The van der Waals surface area contributed by atoms with E-state index in [1.807, 2.05) is 35.7 Å². The van der Waals surface area contributed by atoms with Crippen LogP contribution in [0.1, 0.15) is 0 Å². The van der Waals surface area contributed by atoms with Crippen LogP contribution in [0.2, 0.25) is 0 Å². The number of ether oxygens (including phenoxy) is 1. The van der Waals surface area contributed by atoms with Crippen molar-refractivity contribution in [3.8, 4) is 33.8 Å². The maximum atomic E-state index is 7.54. The molecule has 7 heterocycles. The molecule has 8 heteroatoms. The van der Waals surface area contributed by atoms with Gasteiger partial charge in [-0.15, -0.1) is 0 Å². The van der Waals surface area contributed by atoms with Gasteiger partial charge in [0.25, 0.3) is 0 Å². The summed E-state index contributed by atoms with van der Waals surface area (Å²) in [4.78, 5) is 7.77. The second-order valence-electron chi connectivity index (χ2n) is 17.0. The molecule has 0 N–H and O–H groups in total. The van der Waals surface area contributed by atoms with E-state index in [-0.39, 0.29) is 13.4 Å². The van der Waals surface area contributed by atoms with E-state index >= 15 is 0 Å². The molecule has 62 heavy (non-hydrogen) atoms. The third-order valence-electron chi connectivity index (χ3n) is 13.9. The van der Waals surface area contributed by atoms with Crippen molar-refractivity contribution in [2.45, 2.75) is 19.6 Å². The van der Waals surface area contributed by atoms with Gasteiger partial charge in [-0.1, -0.05) is 168 Å². The highest BCUT2D eigenvalue weighted by Gasteiger charge is 2.53. The van der Waals surface area contributed by atoms with Crippen molar-refractivity contribution in [1.29, 1.82) is 0 Å². The molecule has 0 bridgehead atoms. The fraction of sp³-hybridized carbons (Fsp3) is 0. The molecule has 16 rings (SSSR count). The first-order chi connectivity index (χ1) is 30.7. The van der Waals surface area contributed by atoms with Crippen molar-refractivity contribution in [3.63, 3.8) is 0 Å². The molecule has 5 aliphatic rings. The van der Waals surface area contributed by atoms with Gasteiger partial charge in [0.15, 0.2) is 22.7 Å². The van der Waals surface area contributed by atoms with Gasteiger partial charge in [-0.05, 0) is 74.4 Å². The highest BCUT2D eigenvalue weighted by atomic mass is 32.2. The maximum absolute atomic E-state index is 7.54. The van der Waals surface area contributed by atoms with Gasteiger partial charge in [0, 0.05) is 46.8 Å². The number of hydrogen-bond acceptors (Lipinski definition) is 6. The van der Waals surface area contributed by atoms with E-state index in [1.165, 1.54) is 80.3 Å². The van der Waals surface area contributed by atoms with Crippen LogP contribution in [0, 0.1) is 0 Å². The third-order valence-corrected chi connectivity index (χ3v) is 16.2. The molecule has 0 unspecified atom stereocenters. The Balaban J connectivity index is 1.08. The number of furan rings is 2. The van der Waals surface area contributed by atoms with E-state index in [0.29, 0.717) is 0 Å². The minimum atomic E-state index is -0.0439. The van der Waals surface area contributed by atoms with Gasteiger partial charge in [0.1, 0.15) is 11.2 Å². The van der Waals surface area contributed by atoms with Gasteiger partial charge in [0.05, 0.1) is 11.4 Å². The summed E-state index contributed by atoms with van der Waals surface area (Å²) in [6.07, 6.45) is 0. The van der Waals surface area contributed by atoms with Gasteiger partial charge in [-0.3, -0.25) is 0 Å². The Morgan fingerprint density at radius 2 is 0.839 bits per heavy atom. The van der Waals surface area contributed by atoms with Gasteiger partial charge >= 0.3 is 0 Å². The van der Waals surface area contributed by atoms with Crippen molar-refractivity contribution >= 4 is 131 Å². The smallest absolute Gasteiger partial charge is 0.249 e. The molecule has 0 amide bonds. The molecule has 0 fully saturated rings. The molecule has 0 radical (unpaired) electrons. The molecular formula is C54H27B2NO3S2. The topological polar surface area (TPSA) is 38.8 Å². The number of para-hydroxylation sites is 2. The summed E-state index contributed by atoms with van der Waals surface area (Å²) < 4.78 is 21.3. The van der Waals surface area contributed by atoms with Crippen LogP contribution in [0.25, 0.3) is 66.1 Å². The fourth-order valence-corrected chi connectivity index (χ4v) is 13.8. The van der Waals surface area contributed by atoms with Crippen molar-refractivity contribution in [2.24, 2.45) is 0 Å². The van der Waals surface area contributed by atoms with Crippen molar-refractivity contribution in [1.82, 2.24) is 0 Å². The SMILES string of the molecule is c1ccc(-c2ccc3c(c2)B2c4cc5c(oc6ccccc65)c5c4N4c6c2c(cc2c6B(c6cc(-c7ccccc7)ccc6S2)c2cc6c(oc7ccccc76)c(c24)O5)S3)cc1. The van der Waals surface area contributed by atoms with Crippen LogP contribution < -0.4 is 42.4 Å². The number of fused-ring (bicyclic) bond motifs is 14. The zero-order chi connectivity index (χ0) is 39.9. The predicted molar refractivity (Wildman–Crippen MR) is 257 cm³/mol. The van der Waals surface area contributed by atoms with Crippen LogP contribution in [0.5, 0.6) is 11.5 Å². The summed E-state index contributed by atoms with van der Waals surface area (Å²) in [5.74, 6) is 1.50. The molecule has 5 aliphatic heterocycles. The average molecular weight is 824 g/mol. The van der Waals surface area contributed by atoms with E-state index < -0.39 is 0 Å². The molecule has 11 aromatic rings. The standard InChI is InChI=1S/C54H27B2NO3S2/c1-3-11-28(12-4-1)30-19-21-42-36(23-30)55-38-25-34-32-15-7-9-17-40(32)58-51(34)53-48(38)57-49-39(26-35-33-16-8-10-18-41(33)59-52(35)54(49)60-53)56-37-24-31(29-13-5-2-6-14-29)20-22-43(37)62-45-27-44(61-42)46(55)50(57)47(45)56/h1-27H. The van der Waals surface area contributed by atoms with E-state index in [2.05, 4.69) is 157 Å². The van der Waals surface area contributed by atoms with Crippen molar-refractivity contribution in [3.05, 3.63) is 164 Å². The van der Waals surface area contributed by atoms with Gasteiger partial charge in [0.2, 0.25) is 13.4 Å². The van der Waals surface area contributed by atoms with Crippen molar-refractivity contribution in [2.75, 3.05) is 4.90 Å². The van der Waals surface area contributed by atoms with Crippen LogP contribution in [0.3, 0.4) is 0 Å². The Kier molecular flexibility index (Phi) is 6.06. The largest absolute Gasteiger partial charge is 0.452 e. The summed E-state index contributed by atoms with van der Waals surface area (Å²) in [6.45, 7) is -0.0878. The van der Waals surface area contributed by atoms with Gasteiger partial charge < -0.3 is 18.5 Å². The predicted octanol–water partition coefficient (Wildman–Crippen LogP) is 11.0. The van der Waals surface area contributed by atoms with E-state index in [1.54, 1.807) is 0 Å². The molecule has 0 atom stereocenters. The lowest BCUT2D eigenvalue weighted by Crippen LogP contribution is -2.67. The number of nitrogens with zero attached hydrogens (tertiary/aromatic N) is 1. The van der Waals surface area contributed by atoms with Crippen LogP contribution in [-0.4, -0.2) is 13.4 Å². The summed E-state index contributed by atoms with van der Waals surface area (Å²) in [6, 6.07) is 59.9. The van der Waals surface area contributed by atoms with Gasteiger partial charge in [-0.25, -0.2) is 0 Å². The zero-order valence-corrected chi connectivity index (χ0v) is 34.4. The highest BCUT2D eigenvalue weighted by molar-refractivity contribution is 8.01. The van der Waals surface area contributed by atoms with E-state index in [9.17, 15) is 0 Å². The normalized spacial score (nSPS) is 14.4. The van der Waals surface area contributed by atoms with Crippen molar-refractivity contribution < 1.29 is 13.6 Å². The lowest BCUT2D eigenvalue weighted by atomic mass is 9.30. The Bertz CT molecular complexity index is 3630. The minimum absolute atomic E-state index is 0.0439. The molecule has 0 saturated heterocycles. The Labute approximate surface area is 364 Å². The zero-order valence-electron chi connectivity index (χ0n) is 32.7. The Morgan fingerprint density at radius 3 is 1.34 bits per heavy atom. The second kappa shape index (κ2) is 11.5. The van der Waals surface area contributed by atoms with E-state index in [0.717, 1.165) is 66.8 Å². The second-order valence-corrected chi connectivity index (χ2v) is 19.2. The lowest BCUT2D eigenvalue weighted by molar-refractivity contribution is 0.466. The summed E-state index contributed by atoms with van der Waals surface area (Å²) in [5, 5.41) is 4.29. The van der Waals surface area contributed by atoms with E-state index in [4.69, 9.17) is 13.6 Å². The third kappa shape index (κ3) is 4.01. The van der Waals surface area contributed by atoms with Gasteiger partial charge in [-0.2, -0.15) is 0 Å². The molecule has 0 spiro atoms. The number of rotatable bonds is 2. The molecule has 2 aromatic heterocycles. The van der Waals surface area contributed by atoms with Crippen LogP contribution in [0.15, 0.2) is 192 Å². The average Bonchev–Trinajstić information content (AvgIpc) is 3.90. The first-order valence-corrected chi connectivity index (χ1v) is 22.8. The molecular weight excluding hydrogens is 796 g/mol. The Morgan fingerprint density at radius 1 is 0.371 bits per heavy atom. The quantitative estimate of drug-likeness (QED) is 0.162. The Hall–Kier alpha value is -6.99. The summed E-state index contributed by atoms with van der Waals surface area (Å²) in [7, 11) is 0. The number of benzene rings is 9. The minimum Gasteiger partial charge on any atom is -0.452 e. The lowest BCUT2D eigenvalue weighted by Gasteiger charge is -2.49. The summed E-state index contributed by atoms with van der Waals surface area (Å²) >= 11 is 3.83. The van der Waals surface area contributed by atoms with Crippen LogP contribution >= 0.6 is 23.5 Å². The van der Waals surface area contributed by atoms with Crippen LogP contribution in [0.4, 0.5) is 17.1 Å². The first kappa shape index (κ1) is 32.7. The number of hydrogen-bond donors (Lipinski definition) is 0. The van der Waals surface area contributed by atoms with Crippen LogP contribution in [-0.2, 0) is 0 Å². The summed E-state index contributed by atoms with van der Waals surface area (Å²) in [5.41, 5.74) is 19.3. The fourth-order valence-electron chi connectivity index (χ4n) is 11.4. The molecule has 284 valence electrons. The number of anilines is 3. The monoisotopic (exact) mass is 823 g/mol. The molecule has 9 aromatic carbocycles. The molecule has 4 nitrogen and oxygen atoms in total. The molecule has 0 aliphatic carbocycles. The highest BCUT2D eigenvalue weighted by Crippen LogP contribution is 2.59.